The first-order valence-corrected chi connectivity index (χ1v) is 9.32. The summed E-state index contributed by atoms with van der Waals surface area (Å²) >= 11 is 0. The number of halogens is 3. The molecule has 0 aromatic heterocycles. The number of carbonyl (C=O) groups excluding carboxylic acids is 1. The molecule has 0 atom stereocenters. The minimum atomic E-state index is -4.33. The lowest BCUT2D eigenvalue weighted by Gasteiger charge is -2.10. The number of carbonyl (C=O) groups is 1. The van der Waals surface area contributed by atoms with E-state index in [1.807, 2.05) is 0 Å². The summed E-state index contributed by atoms with van der Waals surface area (Å²) in [5.74, 6) is -4.85. The molecule has 146 valence electrons. The fourth-order valence-electron chi connectivity index (χ4n) is 2.13. The molecule has 2 N–H and O–H groups in total. The van der Waals surface area contributed by atoms with Crippen LogP contribution in [0.25, 0.3) is 0 Å². The van der Waals surface area contributed by atoms with Crippen LogP contribution in [0.2, 0.25) is 0 Å². The van der Waals surface area contributed by atoms with Crippen LogP contribution < -0.4 is 14.8 Å². The van der Waals surface area contributed by atoms with E-state index in [0.29, 0.717) is 23.6 Å². The van der Waals surface area contributed by atoms with Gasteiger partial charge in [-0.25, -0.2) is 26.3 Å². The van der Waals surface area contributed by atoms with E-state index in [4.69, 9.17) is 4.74 Å². The molecule has 2 aromatic carbocycles. The SMILES string of the molecule is CC(=O)Nc1cccc(OCCCNS(=O)(=O)c2ccc(F)c(F)c2F)c1. The number of benzene rings is 2. The average molecular weight is 402 g/mol. The lowest BCUT2D eigenvalue weighted by molar-refractivity contribution is -0.114. The third kappa shape index (κ3) is 5.69. The molecule has 2 rings (SSSR count). The van der Waals surface area contributed by atoms with Crippen molar-refractivity contribution in [3.8, 4) is 5.75 Å². The Labute approximate surface area is 154 Å². The van der Waals surface area contributed by atoms with E-state index >= 15 is 0 Å². The molecule has 1 amide bonds. The predicted octanol–water partition coefficient (Wildman–Crippen LogP) is 2.81. The maximum atomic E-state index is 13.6. The van der Waals surface area contributed by atoms with Crippen LogP contribution in [0.1, 0.15) is 13.3 Å². The Morgan fingerprint density at radius 1 is 1.11 bits per heavy atom. The number of nitrogens with one attached hydrogen (secondary N) is 2. The van der Waals surface area contributed by atoms with Crippen molar-refractivity contribution >= 4 is 21.6 Å². The molecule has 0 bridgehead atoms. The van der Waals surface area contributed by atoms with Crippen LogP contribution in [0.3, 0.4) is 0 Å². The number of hydrogen-bond acceptors (Lipinski definition) is 4. The molecule has 0 spiro atoms. The molecule has 0 aliphatic rings. The summed E-state index contributed by atoms with van der Waals surface area (Å²) in [6.07, 6.45) is 0.231. The summed E-state index contributed by atoms with van der Waals surface area (Å²) in [7, 11) is -4.33. The summed E-state index contributed by atoms with van der Waals surface area (Å²) in [6.45, 7) is 1.40. The number of sulfonamides is 1. The fourth-order valence-corrected chi connectivity index (χ4v) is 3.27. The average Bonchev–Trinajstić information content (AvgIpc) is 2.59. The summed E-state index contributed by atoms with van der Waals surface area (Å²) in [5, 5.41) is 2.60. The maximum Gasteiger partial charge on any atom is 0.243 e. The molecule has 0 aliphatic carbocycles. The number of anilines is 1. The number of ether oxygens (including phenoxy) is 1. The Balaban J connectivity index is 1.86. The van der Waals surface area contributed by atoms with Gasteiger partial charge in [0.05, 0.1) is 6.61 Å². The largest absolute Gasteiger partial charge is 0.493 e. The third-order valence-electron chi connectivity index (χ3n) is 3.33. The zero-order chi connectivity index (χ0) is 20.0. The molecule has 6 nitrogen and oxygen atoms in total. The lowest BCUT2D eigenvalue weighted by Crippen LogP contribution is -2.27. The molecule has 27 heavy (non-hydrogen) atoms. The van der Waals surface area contributed by atoms with Crippen molar-refractivity contribution in [2.24, 2.45) is 0 Å². The van der Waals surface area contributed by atoms with Gasteiger partial charge < -0.3 is 10.1 Å². The monoisotopic (exact) mass is 402 g/mol. The highest BCUT2D eigenvalue weighted by Crippen LogP contribution is 2.20. The van der Waals surface area contributed by atoms with Crippen LogP contribution >= 0.6 is 0 Å². The van der Waals surface area contributed by atoms with Gasteiger partial charge in [-0.05, 0) is 30.7 Å². The van der Waals surface area contributed by atoms with Gasteiger partial charge >= 0.3 is 0 Å². The van der Waals surface area contributed by atoms with Gasteiger partial charge in [-0.1, -0.05) is 6.07 Å². The molecule has 0 saturated heterocycles. The zero-order valence-corrected chi connectivity index (χ0v) is 15.1. The van der Waals surface area contributed by atoms with Gasteiger partial charge in [0, 0.05) is 25.2 Å². The van der Waals surface area contributed by atoms with Gasteiger partial charge in [0.15, 0.2) is 17.5 Å². The second kappa shape index (κ2) is 8.87. The van der Waals surface area contributed by atoms with Crippen molar-refractivity contribution in [3.05, 3.63) is 53.8 Å². The first-order valence-electron chi connectivity index (χ1n) is 7.84. The molecule has 10 heteroatoms. The molecule has 2 aromatic rings. The van der Waals surface area contributed by atoms with E-state index < -0.39 is 32.4 Å². The smallest absolute Gasteiger partial charge is 0.243 e. The molecule has 0 aliphatic heterocycles. The molecule has 0 unspecified atom stereocenters. The second-order valence-corrected chi connectivity index (χ2v) is 7.22. The Morgan fingerprint density at radius 2 is 1.85 bits per heavy atom. The Bertz CT molecular complexity index is 936. The van der Waals surface area contributed by atoms with E-state index in [1.54, 1.807) is 24.3 Å². The fraction of sp³-hybridized carbons (Fsp3) is 0.235. The Hall–Kier alpha value is -2.59. The van der Waals surface area contributed by atoms with Crippen molar-refractivity contribution < 1.29 is 31.1 Å². The minimum Gasteiger partial charge on any atom is -0.493 e. The van der Waals surface area contributed by atoms with Crippen LogP contribution in [-0.2, 0) is 14.8 Å². The van der Waals surface area contributed by atoms with Gasteiger partial charge in [0.2, 0.25) is 15.9 Å². The highest BCUT2D eigenvalue weighted by molar-refractivity contribution is 7.89. The Morgan fingerprint density at radius 3 is 2.56 bits per heavy atom. The van der Waals surface area contributed by atoms with E-state index in [1.165, 1.54) is 6.92 Å². The van der Waals surface area contributed by atoms with Crippen LogP contribution in [0.5, 0.6) is 5.75 Å². The normalized spacial score (nSPS) is 11.3. The summed E-state index contributed by atoms with van der Waals surface area (Å²) in [4.78, 5) is 10.0. The highest BCUT2D eigenvalue weighted by atomic mass is 32.2. The topological polar surface area (TPSA) is 84.5 Å². The van der Waals surface area contributed by atoms with E-state index in [9.17, 15) is 26.4 Å². The molecule has 0 saturated carbocycles. The van der Waals surface area contributed by atoms with Gasteiger partial charge in [-0.3, -0.25) is 4.79 Å². The van der Waals surface area contributed by atoms with Crippen LogP contribution in [-0.4, -0.2) is 27.5 Å². The zero-order valence-electron chi connectivity index (χ0n) is 14.3. The quantitative estimate of drug-likeness (QED) is 0.525. The molecular weight excluding hydrogens is 385 g/mol. The van der Waals surface area contributed by atoms with Crippen molar-refractivity contribution in [2.45, 2.75) is 18.2 Å². The molecule has 0 radical (unpaired) electrons. The van der Waals surface area contributed by atoms with Gasteiger partial charge in [0.25, 0.3) is 0 Å². The van der Waals surface area contributed by atoms with Crippen molar-refractivity contribution in [2.75, 3.05) is 18.5 Å². The van der Waals surface area contributed by atoms with E-state index in [-0.39, 0.29) is 25.5 Å². The highest BCUT2D eigenvalue weighted by Gasteiger charge is 2.23. The first-order chi connectivity index (χ1) is 12.7. The minimum absolute atomic E-state index is 0.105. The van der Waals surface area contributed by atoms with Gasteiger partial charge in [-0.2, -0.15) is 0 Å². The van der Waals surface area contributed by atoms with Crippen LogP contribution in [0.4, 0.5) is 18.9 Å². The number of hydrogen-bond donors (Lipinski definition) is 2. The summed E-state index contributed by atoms with van der Waals surface area (Å²) in [5.41, 5.74) is 0.550. The first kappa shape index (κ1) is 20.7. The number of amides is 1. The Kier molecular flexibility index (Phi) is 6.81. The standard InChI is InChI=1S/C17H17F3N2O4S/c1-11(23)22-12-4-2-5-13(10-12)26-9-3-8-21-27(24,25)15-7-6-14(18)16(19)17(15)20/h2,4-7,10,21H,3,8-9H2,1H3,(H,22,23). The predicted molar refractivity (Wildman–Crippen MR) is 92.4 cm³/mol. The number of rotatable bonds is 8. The van der Waals surface area contributed by atoms with Gasteiger partial charge in [0.1, 0.15) is 10.6 Å². The summed E-state index contributed by atoms with van der Waals surface area (Å²) < 4.78 is 71.1. The molecule has 0 heterocycles. The van der Waals surface area contributed by atoms with Gasteiger partial charge in [-0.15, -0.1) is 0 Å². The maximum absolute atomic E-state index is 13.6. The van der Waals surface area contributed by atoms with Crippen molar-refractivity contribution in [1.82, 2.24) is 4.72 Å². The van der Waals surface area contributed by atoms with Crippen molar-refractivity contribution in [1.29, 1.82) is 0 Å². The third-order valence-corrected chi connectivity index (χ3v) is 4.80. The van der Waals surface area contributed by atoms with Crippen LogP contribution in [0.15, 0.2) is 41.3 Å². The second-order valence-electron chi connectivity index (χ2n) is 5.48. The van der Waals surface area contributed by atoms with Crippen molar-refractivity contribution in [3.63, 3.8) is 0 Å². The molecule has 0 fully saturated rings. The molecular formula is C17H17F3N2O4S. The summed E-state index contributed by atoms with van der Waals surface area (Å²) in [6, 6.07) is 7.81. The van der Waals surface area contributed by atoms with E-state index in [2.05, 4.69) is 10.0 Å². The van der Waals surface area contributed by atoms with Crippen LogP contribution in [0, 0.1) is 17.5 Å². The van der Waals surface area contributed by atoms with E-state index in [0.717, 1.165) is 0 Å². The lowest BCUT2D eigenvalue weighted by atomic mass is 10.3.